The number of rotatable bonds is 14. The third kappa shape index (κ3) is 12.0. The molecule has 2 unspecified atom stereocenters. The van der Waals surface area contributed by atoms with Crippen LogP contribution in [0.15, 0.2) is 107 Å². The van der Waals surface area contributed by atoms with Gasteiger partial charge in [0.05, 0.1) is 21.6 Å². The van der Waals surface area contributed by atoms with Gasteiger partial charge >= 0.3 is 12.4 Å². The number of nitrogens with one attached hydrogen (secondary N) is 4. The van der Waals surface area contributed by atoms with E-state index in [9.17, 15) is 63.3 Å². The highest BCUT2D eigenvalue weighted by molar-refractivity contribution is 7.90. The van der Waals surface area contributed by atoms with Gasteiger partial charge in [0, 0.05) is 80.5 Å². The van der Waals surface area contributed by atoms with Crippen molar-refractivity contribution in [3.05, 3.63) is 109 Å². The molecule has 16 nitrogen and oxygen atoms in total. The van der Waals surface area contributed by atoms with E-state index in [1.807, 2.05) is 12.1 Å². The average molecular weight is 1020 g/mol. The minimum atomic E-state index is -4.33. The van der Waals surface area contributed by atoms with Gasteiger partial charge in [-0.1, -0.05) is 12.1 Å². The SMILES string of the molecule is N#Cc1cccn1CCC(NS(=O)(=O)c1ccc2cc[nH]c2c1)C(=O)N1CCC(C(F)(F)F)CC1.N#Cc1cccn1CCC(NS(=O)(=O)c1cccc2[nH]ccc12)C(=O)N1CCC(C(F)(F)F)CC1. The molecule has 2 amide bonds. The van der Waals surface area contributed by atoms with Gasteiger partial charge in [0.25, 0.3) is 0 Å². The molecule has 2 aliphatic heterocycles. The molecule has 0 aliphatic carbocycles. The number of H-pyrrole nitrogens is 2. The van der Waals surface area contributed by atoms with Crippen LogP contribution in [0, 0.1) is 34.5 Å². The van der Waals surface area contributed by atoms with Crippen molar-refractivity contribution in [2.45, 2.75) is 85.8 Å². The van der Waals surface area contributed by atoms with Crippen LogP contribution in [0.25, 0.3) is 21.8 Å². The van der Waals surface area contributed by atoms with E-state index in [4.69, 9.17) is 0 Å². The molecule has 2 aromatic carbocycles. The summed E-state index contributed by atoms with van der Waals surface area (Å²) in [5.74, 6) is -4.12. The number of amides is 2. The summed E-state index contributed by atoms with van der Waals surface area (Å²) >= 11 is 0. The summed E-state index contributed by atoms with van der Waals surface area (Å²) in [7, 11) is -8.28. The lowest BCUT2D eigenvalue weighted by molar-refractivity contribution is -0.187. The van der Waals surface area contributed by atoms with Gasteiger partial charge in [-0.05, 0) is 105 Å². The summed E-state index contributed by atoms with van der Waals surface area (Å²) in [6.07, 6.45) is -2.96. The number of sulfonamides is 2. The zero-order valence-electron chi connectivity index (χ0n) is 37.2. The predicted octanol–water partition coefficient (Wildman–Crippen LogP) is 6.76. The van der Waals surface area contributed by atoms with E-state index in [1.54, 1.807) is 88.5 Å². The number of hydrogen-bond acceptors (Lipinski definition) is 8. The third-order valence-corrected chi connectivity index (χ3v) is 15.6. The van der Waals surface area contributed by atoms with Crippen LogP contribution in [0.5, 0.6) is 0 Å². The van der Waals surface area contributed by atoms with E-state index < -0.39 is 68.1 Å². The van der Waals surface area contributed by atoms with E-state index in [-0.39, 0.29) is 87.6 Å². The van der Waals surface area contributed by atoms with Crippen molar-refractivity contribution in [3.8, 4) is 12.1 Å². The maximum absolute atomic E-state index is 13.3. The zero-order chi connectivity index (χ0) is 50.4. The second kappa shape index (κ2) is 21.2. The largest absolute Gasteiger partial charge is 0.391 e. The molecule has 372 valence electrons. The number of piperidine rings is 2. The Morgan fingerprint density at radius 1 is 0.643 bits per heavy atom. The molecule has 4 aromatic heterocycles. The first-order chi connectivity index (χ1) is 33.2. The monoisotopic (exact) mass is 1010 g/mol. The molecule has 24 heteroatoms. The number of aromatic amines is 2. The molecule has 70 heavy (non-hydrogen) atoms. The predicted molar refractivity (Wildman–Crippen MR) is 243 cm³/mol. The smallest absolute Gasteiger partial charge is 0.361 e. The van der Waals surface area contributed by atoms with Crippen LogP contribution in [0.2, 0.25) is 0 Å². The van der Waals surface area contributed by atoms with Crippen LogP contribution in [-0.2, 0) is 42.7 Å². The summed E-state index contributed by atoms with van der Waals surface area (Å²) in [5, 5.41) is 19.7. The molecule has 6 heterocycles. The standard InChI is InChI=1S/2C23H24F3N5O3S/c24-23(25,26)16-7-12-31(13-8-16)22(32)20(9-14-30-11-2-3-17(30)15-27)29-35(33,34)21-5-1-4-19-18(21)6-10-28-19;24-23(25,26)17-6-11-31(12-7-17)22(32)20(8-13-30-10-1-2-18(30)15-27)29-35(33,34)19-4-3-16-5-9-28-21(16)14-19/h1-6,10-11,16,20,28-29H,7-9,12-14H2;1-5,9-10,14,17,20,28-29H,6-8,11-13H2. The lowest BCUT2D eigenvalue weighted by Gasteiger charge is -2.35. The molecule has 4 N–H and O–H groups in total. The highest BCUT2D eigenvalue weighted by Gasteiger charge is 2.44. The first-order valence-corrected chi connectivity index (χ1v) is 25.1. The van der Waals surface area contributed by atoms with E-state index >= 15 is 0 Å². The fraction of sp³-hybridized carbons (Fsp3) is 0.391. The van der Waals surface area contributed by atoms with Crippen LogP contribution >= 0.6 is 0 Å². The molecule has 0 radical (unpaired) electrons. The summed E-state index contributed by atoms with van der Waals surface area (Å²) in [5.41, 5.74) is 1.91. The van der Waals surface area contributed by atoms with Gasteiger partial charge in [0.1, 0.15) is 35.6 Å². The van der Waals surface area contributed by atoms with Crippen molar-refractivity contribution < 1.29 is 52.8 Å². The summed E-state index contributed by atoms with van der Waals surface area (Å²) in [6, 6.07) is 20.8. The van der Waals surface area contributed by atoms with Gasteiger partial charge in [-0.2, -0.15) is 46.3 Å². The Balaban J connectivity index is 0.000000206. The Kier molecular flexibility index (Phi) is 15.5. The number of fused-ring (bicyclic) bond motifs is 2. The second-order valence-electron chi connectivity index (χ2n) is 17.0. The number of aryl methyl sites for hydroxylation is 2. The number of benzene rings is 2. The van der Waals surface area contributed by atoms with Crippen LogP contribution < -0.4 is 9.44 Å². The molecule has 0 bridgehead atoms. The number of nitriles is 2. The molecule has 0 saturated carbocycles. The Bertz CT molecular complexity index is 3110. The van der Waals surface area contributed by atoms with Crippen LogP contribution in [0.3, 0.4) is 0 Å². The Morgan fingerprint density at radius 3 is 1.63 bits per heavy atom. The molecule has 0 spiro atoms. The van der Waals surface area contributed by atoms with Gasteiger partial charge in [0.15, 0.2) is 0 Å². The molecule has 2 fully saturated rings. The third-order valence-electron chi connectivity index (χ3n) is 12.6. The normalized spacial score (nSPS) is 16.3. The maximum atomic E-state index is 13.3. The number of nitrogens with zero attached hydrogens (tertiary/aromatic N) is 6. The first-order valence-electron chi connectivity index (χ1n) is 22.2. The summed E-state index contributed by atoms with van der Waals surface area (Å²) in [6.45, 7) is -0.0971. The van der Waals surface area contributed by atoms with Crippen molar-refractivity contribution in [2.75, 3.05) is 26.2 Å². The van der Waals surface area contributed by atoms with E-state index in [0.29, 0.717) is 27.8 Å². The molecular weight excluding hydrogens is 967 g/mol. The van der Waals surface area contributed by atoms with Gasteiger partial charge < -0.3 is 28.9 Å². The van der Waals surface area contributed by atoms with Crippen molar-refractivity contribution in [1.82, 2.24) is 38.3 Å². The number of carbonyl (C=O) groups is 2. The van der Waals surface area contributed by atoms with E-state index in [2.05, 4.69) is 19.4 Å². The van der Waals surface area contributed by atoms with Gasteiger partial charge in [0.2, 0.25) is 31.9 Å². The number of hydrogen-bond donors (Lipinski definition) is 4. The Labute approximate surface area is 398 Å². The molecule has 8 rings (SSSR count). The fourth-order valence-corrected chi connectivity index (χ4v) is 11.4. The van der Waals surface area contributed by atoms with Crippen LogP contribution in [0.4, 0.5) is 26.3 Å². The molecule has 6 aromatic rings. The summed E-state index contributed by atoms with van der Waals surface area (Å²) < 4.78 is 139. The van der Waals surface area contributed by atoms with E-state index in [1.165, 1.54) is 28.0 Å². The quantitative estimate of drug-likeness (QED) is 0.0852. The van der Waals surface area contributed by atoms with Gasteiger partial charge in [-0.15, -0.1) is 0 Å². The number of halogens is 6. The summed E-state index contributed by atoms with van der Waals surface area (Å²) in [4.78, 5) is 35.0. The lowest BCUT2D eigenvalue weighted by Crippen LogP contribution is -2.51. The molecule has 2 aliphatic rings. The van der Waals surface area contributed by atoms with Crippen molar-refractivity contribution in [2.24, 2.45) is 11.8 Å². The highest BCUT2D eigenvalue weighted by Crippen LogP contribution is 2.36. The minimum Gasteiger partial charge on any atom is -0.361 e. The Morgan fingerprint density at radius 2 is 1.13 bits per heavy atom. The number of likely N-dealkylation sites (tertiary alicyclic amines) is 2. The minimum absolute atomic E-state index is 0.0106. The first kappa shape index (κ1) is 51.3. The number of carbonyl (C=O) groups excluding carboxylic acids is 2. The maximum Gasteiger partial charge on any atom is 0.391 e. The van der Waals surface area contributed by atoms with Gasteiger partial charge in [-0.25, -0.2) is 16.8 Å². The highest BCUT2D eigenvalue weighted by atomic mass is 32.2. The van der Waals surface area contributed by atoms with E-state index in [0.717, 1.165) is 5.39 Å². The second-order valence-corrected chi connectivity index (χ2v) is 20.4. The topological polar surface area (TPSA) is 222 Å². The molecule has 2 atom stereocenters. The van der Waals surface area contributed by atoms with Crippen molar-refractivity contribution in [1.29, 1.82) is 10.5 Å². The average Bonchev–Trinajstić information content (AvgIpc) is 4.18. The fourth-order valence-electron chi connectivity index (χ4n) is 8.71. The Hall–Kier alpha value is -6.60. The molecule has 2 saturated heterocycles. The molecular formula is C46H48F6N10O6S2. The number of alkyl halides is 6. The van der Waals surface area contributed by atoms with Gasteiger partial charge in [-0.3, -0.25) is 9.59 Å². The van der Waals surface area contributed by atoms with Crippen LogP contribution in [0.1, 0.15) is 49.9 Å². The van der Waals surface area contributed by atoms with Crippen molar-refractivity contribution in [3.63, 3.8) is 0 Å². The number of aromatic nitrogens is 4. The lowest BCUT2D eigenvalue weighted by atomic mass is 9.95. The zero-order valence-corrected chi connectivity index (χ0v) is 38.9. The van der Waals surface area contributed by atoms with Crippen LogP contribution in [-0.4, -0.2) is 108 Å². The van der Waals surface area contributed by atoms with Crippen molar-refractivity contribution >= 4 is 53.7 Å².